The van der Waals surface area contributed by atoms with Crippen molar-refractivity contribution >= 4 is 5.91 Å². The lowest BCUT2D eigenvalue weighted by Gasteiger charge is -2.48. The predicted molar refractivity (Wildman–Crippen MR) is 328 cm³/mol. The highest BCUT2D eigenvalue weighted by Crippen LogP contribution is 2.33. The third kappa shape index (κ3) is 31.4. The summed E-state index contributed by atoms with van der Waals surface area (Å²) >= 11 is 0. The van der Waals surface area contributed by atoms with Crippen molar-refractivity contribution in [2.75, 3.05) is 26.4 Å². The Balaban J connectivity index is 1.47. The molecule has 0 bridgehead atoms. The van der Waals surface area contributed by atoms with Crippen molar-refractivity contribution in [3.05, 3.63) is 48.6 Å². The zero-order valence-corrected chi connectivity index (χ0v) is 52.1. The molecule has 12 N–H and O–H groups in total. The largest absolute Gasteiger partial charge is 0.394 e. The van der Waals surface area contributed by atoms with E-state index in [-0.39, 0.29) is 18.9 Å². The molecule has 3 aliphatic rings. The highest BCUT2D eigenvalue weighted by Gasteiger charge is 2.53. The van der Waals surface area contributed by atoms with Crippen molar-refractivity contribution in [2.24, 2.45) is 0 Å². The van der Waals surface area contributed by atoms with Gasteiger partial charge < -0.3 is 89.9 Å². The first-order valence-corrected chi connectivity index (χ1v) is 33.4. The summed E-state index contributed by atoms with van der Waals surface area (Å²) in [5.41, 5.74) is 0. The number of aliphatic hydroxyl groups is 11. The summed E-state index contributed by atoms with van der Waals surface area (Å²) in [4.78, 5) is 13.3. The summed E-state index contributed by atoms with van der Waals surface area (Å²) in [5, 5.41) is 120. The summed E-state index contributed by atoms with van der Waals surface area (Å²) in [6.45, 7) is 1.69. The molecule has 17 atom stereocenters. The Morgan fingerprint density at radius 2 is 0.753 bits per heavy atom. The zero-order chi connectivity index (χ0) is 61.9. The van der Waals surface area contributed by atoms with Gasteiger partial charge in [-0.05, 0) is 70.6 Å². The summed E-state index contributed by atoms with van der Waals surface area (Å²) in [5.74, 6) is -0.299. The first-order chi connectivity index (χ1) is 41.3. The predicted octanol–water partition coefficient (Wildman–Crippen LogP) is 7.83. The molecular weight excluding hydrogens is 1090 g/mol. The fraction of sp³-hybridized carbons (Fsp3) is 0.864. The Morgan fingerprint density at radius 1 is 0.412 bits per heavy atom. The number of hydrogen-bond donors (Lipinski definition) is 12. The van der Waals surface area contributed by atoms with Crippen LogP contribution < -0.4 is 5.32 Å². The van der Waals surface area contributed by atoms with Crippen molar-refractivity contribution in [2.45, 2.75) is 336 Å². The van der Waals surface area contributed by atoms with Gasteiger partial charge in [0.25, 0.3) is 0 Å². The molecule has 17 unspecified atom stereocenters. The van der Waals surface area contributed by atoms with Gasteiger partial charge in [-0.2, -0.15) is 0 Å². The van der Waals surface area contributed by atoms with E-state index >= 15 is 0 Å². The molecule has 0 aromatic rings. The van der Waals surface area contributed by atoms with Crippen LogP contribution in [0.1, 0.15) is 232 Å². The van der Waals surface area contributed by atoms with Crippen LogP contribution in [0.3, 0.4) is 0 Å². The first-order valence-electron chi connectivity index (χ1n) is 33.4. The molecule has 1 amide bonds. The first kappa shape index (κ1) is 77.0. The Bertz CT molecular complexity index is 1740. The number of rotatable bonds is 50. The smallest absolute Gasteiger partial charge is 0.220 e. The minimum atomic E-state index is -1.98. The molecule has 0 saturated carbocycles. The lowest BCUT2D eigenvalue weighted by molar-refractivity contribution is -0.379. The number of nitrogens with one attached hydrogen (secondary N) is 1. The highest BCUT2D eigenvalue weighted by molar-refractivity contribution is 5.76. The number of ether oxygens (including phenoxy) is 6. The van der Waals surface area contributed by atoms with Crippen LogP contribution in [0.25, 0.3) is 0 Å². The van der Waals surface area contributed by atoms with Gasteiger partial charge in [-0.1, -0.05) is 204 Å². The quantitative estimate of drug-likeness (QED) is 0.0204. The van der Waals surface area contributed by atoms with Crippen molar-refractivity contribution in [1.82, 2.24) is 5.32 Å². The van der Waals surface area contributed by atoms with Crippen molar-refractivity contribution < 1.29 is 89.4 Å². The standard InChI is InChI=1S/C66H119NO18/c1-3-5-7-9-11-13-15-17-19-20-21-22-23-24-25-26-27-28-30-31-33-35-37-39-41-43-50(71)49(67-54(72)44-42-40-38-36-34-32-29-18-16-14-12-10-8-6-4-2)48-80-64-60(78)57(75)62(52(46-69)82-64)85-66-61(79)58(76)63(53(47-70)83-66)84-65-59(77)56(74)55(73)51(45-68)81-65/h18,27-29,33,35,41,43,49-53,55-66,68-71,73-79H,3-17,19-26,30-32,34,36-40,42,44-48H2,1-2H3,(H,67,72)/b28-27+,29-18-,35-33+,43-41+. The maximum atomic E-state index is 13.3. The maximum Gasteiger partial charge on any atom is 0.220 e. The average Bonchev–Trinajstić information content (AvgIpc) is 3.49. The summed E-state index contributed by atoms with van der Waals surface area (Å²) in [6.07, 6.45) is 29.5. The Kier molecular flexibility index (Phi) is 44.0. The lowest BCUT2D eigenvalue weighted by atomic mass is 9.96. The Labute approximate surface area is 510 Å². The fourth-order valence-electron chi connectivity index (χ4n) is 11.1. The molecular formula is C66H119NO18. The second-order valence-electron chi connectivity index (χ2n) is 23.9. The van der Waals surface area contributed by atoms with Crippen LogP contribution in [0, 0.1) is 0 Å². The fourth-order valence-corrected chi connectivity index (χ4v) is 11.1. The molecule has 3 heterocycles. The molecule has 0 radical (unpaired) electrons. The second kappa shape index (κ2) is 48.6. The number of aliphatic hydroxyl groups excluding tert-OH is 11. The van der Waals surface area contributed by atoms with Gasteiger partial charge in [-0.25, -0.2) is 0 Å². The van der Waals surface area contributed by atoms with Crippen LogP contribution in [0.15, 0.2) is 48.6 Å². The molecule has 3 fully saturated rings. The van der Waals surface area contributed by atoms with E-state index in [9.17, 15) is 61.0 Å². The molecule has 0 aromatic heterocycles. The topological polar surface area (TPSA) is 307 Å². The van der Waals surface area contributed by atoms with Gasteiger partial charge in [0.2, 0.25) is 5.91 Å². The normalized spacial score (nSPS) is 29.3. The number of carbonyl (C=O) groups is 1. The van der Waals surface area contributed by atoms with Gasteiger partial charge in [0, 0.05) is 6.42 Å². The lowest BCUT2D eigenvalue weighted by Crippen LogP contribution is -2.66. The van der Waals surface area contributed by atoms with Crippen molar-refractivity contribution in [1.29, 1.82) is 0 Å². The van der Waals surface area contributed by atoms with Gasteiger partial charge in [-0.3, -0.25) is 4.79 Å². The van der Waals surface area contributed by atoms with Crippen molar-refractivity contribution in [3.63, 3.8) is 0 Å². The van der Waals surface area contributed by atoms with Gasteiger partial charge in [0.15, 0.2) is 18.9 Å². The van der Waals surface area contributed by atoms with Crippen LogP contribution in [0.2, 0.25) is 0 Å². The molecule has 3 saturated heterocycles. The van der Waals surface area contributed by atoms with Crippen LogP contribution >= 0.6 is 0 Å². The minimum Gasteiger partial charge on any atom is -0.394 e. The molecule has 19 nitrogen and oxygen atoms in total. The minimum absolute atomic E-state index is 0.221. The average molecular weight is 1210 g/mol. The third-order valence-corrected chi connectivity index (χ3v) is 16.6. The molecule has 0 spiro atoms. The molecule has 19 heteroatoms. The van der Waals surface area contributed by atoms with E-state index in [1.54, 1.807) is 6.08 Å². The van der Waals surface area contributed by atoms with E-state index in [0.29, 0.717) is 12.8 Å². The molecule has 85 heavy (non-hydrogen) atoms. The van der Waals surface area contributed by atoms with Crippen molar-refractivity contribution in [3.8, 4) is 0 Å². The Hall–Kier alpha value is -2.25. The summed E-state index contributed by atoms with van der Waals surface area (Å²) in [6, 6.07) is -1.00. The molecule has 3 rings (SSSR count). The van der Waals surface area contributed by atoms with E-state index < -0.39 is 124 Å². The number of unbranched alkanes of at least 4 members (excludes halogenated alkanes) is 28. The van der Waals surface area contributed by atoms with E-state index in [1.165, 1.54) is 135 Å². The Morgan fingerprint density at radius 3 is 1.18 bits per heavy atom. The van der Waals surface area contributed by atoms with Crippen LogP contribution in [-0.4, -0.2) is 193 Å². The van der Waals surface area contributed by atoms with E-state index in [0.717, 1.165) is 64.2 Å². The molecule has 0 aromatic carbocycles. The van der Waals surface area contributed by atoms with Gasteiger partial charge >= 0.3 is 0 Å². The number of amides is 1. The third-order valence-electron chi connectivity index (χ3n) is 16.6. The van der Waals surface area contributed by atoms with E-state index in [4.69, 9.17) is 28.4 Å². The van der Waals surface area contributed by atoms with Gasteiger partial charge in [0.05, 0.1) is 38.6 Å². The highest BCUT2D eigenvalue weighted by atomic mass is 16.8. The summed E-state index contributed by atoms with van der Waals surface area (Å²) in [7, 11) is 0. The number of allylic oxidation sites excluding steroid dienone is 7. The van der Waals surface area contributed by atoms with E-state index in [2.05, 4.69) is 55.6 Å². The second-order valence-corrected chi connectivity index (χ2v) is 23.9. The number of hydrogen-bond acceptors (Lipinski definition) is 18. The monoisotopic (exact) mass is 1210 g/mol. The van der Waals surface area contributed by atoms with Gasteiger partial charge in [0.1, 0.15) is 73.2 Å². The van der Waals surface area contributed by atoms with Crippen LogP contribution in [0.4, 0.5) is 0 Å². The SMILES string of the molecule is CCCCCCCC/C=C\CCCCCCCC(=O)NC(COC1OC(CO)C(OC2OC(CO)C(OC3OC(CO)C(O)C(O)C3O)C(O)C2O)C(O)C1O)C(O)/C=C/CC/C=C/CC/C=C/CCCCCCCCCCCCCCCCC. The maximum absolute atomic E-state index is 13.3. The molecule has 496 valence electrons. The number of carbonyl (C=O) groups excluding carboxylic acids is 1. The summed E-state index contributed by atoms with van der Waals surface area (Å²) < 4.78 is 34.3. The van der Waals surface area contributed by atoms with E-state index in [1.807, 2.05) is 6.08 Å². The van der Waals surface area contributed by atoms with Gasteiger partial charge in [-0.15, -0.1) is 0 Å². The molecule has 3 aliphatic heterocycles. The van der Waals surface area contributed by atoms with Crippen LogP contribution in [-0.2, 0) is 33.2 Å². The van der Waals surface area contributed by atoms with Crippen LogP contribution in [0.5, 0.6) is 0 Å². The zero-order valence-electron chi connectivity index (χ0n) is 52.1. The molecule has 0 aliphatic carbocycles.